The first-order chi connectivity index (χ1) is 11.2. The highest BCUT2D eigenvalue weighted by Gasteiger charge is 2.18. The molecule has 2 aromatic rings. The van der Waals surface area contributed by atoms with E-state index < -0.39 is 10.0 Å². The summed E-state index contributed by atoms with van der Waals surface area (Å²) in [5, 5.41) is 0. The summed E-state index contributed by atoms with van der Waals surface area (Å²) in [7, 11) is -0.667. The summed E-state index contributed by atoms with van der Waals surface area (Å²) < 4.78 is 32.5. The highest BCUT2D eigenvalue weighted by atomic mass is 32.2. The minimum atomic E-state index is -3.57. The summed E-state index contributed by atoms with van der Waals surface area (Å²) in [5.74, 6) is 0.764. The molecule has 0 unspecified atom stereocenters. The Morgan fingerprint density at radius 1 is 1.12 bits per heavy atom. The molecule has 24 heavy (non-hydrogen) atoms. The summed E-state index contributed by atoms with van der Waals surface area (Å²) in [5.41, 5.74) is 1.83. The number of sulfonamides is 1. The highest BCUT2D eigenvalue weighted by molar-refractivity contribution is 7.89. The van der Waals surface area contributed by atoms with Gasteiger partial charge in [0, 0.05) is 26.4 Å². The first-order valence-electron chi connectivity index (χ1n) is 7.55. The molecule has 0 N–H and O–H groups in total. The van der Waals surface area contributed by atoms with Crippen molar-refractivity contribution in [2.24, 2.45) is 0 Å². The van der Waals surface area contributed by atoms with Crippen LogP contribution in [0.2, 0.25) is 0 Å². The molecule has 0 aliphatic heterocycles. The molecule has 1 heterocycles. The topological polar surface area (TPSA) is 68.6 Å². The Balaban J connectivity index is 2.16. The molecule has 1 aromatic carbocycles. The zero-order valence-electron chi connectivity index (χ0n) is 14.3. The molecule has 130 valence electrons. The lowest BCUT2D eigenvalue weighted by Gasteiger charge is -2.14. The van der Waals surface area contributed by atoms with Crippen LogP contribution in [-0.2, 0) is 16.6 Å². The molecule has 0 fully saturated rings. The van der Waals surface area contributed by atoms with Crippen molar-refractivity contribution in [1.29, 1.82) is 0 Å². The maximum Gasteiger partial charge on any atom is 0.250 e. The molecule has 0 radical (unpaired) electrons. The average molecular weight is 350 g/mol. The molecule has 0 saturated carbocycles. The summed E-state index contributed by atoms with van der Waals surface area (Å²) in [6, 6.07) is 8.49. The monoisotopic (exact) mass is 350 g/mol. The third kappa shape index (κ3) is 4.04. The van der Waals surface area contributed by atoms with Crippen molar-refractivity contribution in [1.82, 2.24) is 8.87 Å². The van der Waals surface area contributed by atoms with Crippen molar-refractivity contribution < 1.29 is 13.2 Å². The molecule has 6 nitrogen and oxygen atoms in total. The van der Waals surface area contributed by atoms with Crippen molar-refractivity contribution in [3.05, 3.63) is 58.0 Å². The van der Waals surface area contributed by atoms with Crippen LogP contribution < -0.4 is 10.3 Å². The van der Waals surface area contributed by atoms with E-state index in [9.17, 15) is 13.2 Å². The highest BCUT2D eigenvalue weighted by Crippen LogP contribution is 2.19. The number of pyridine rings is 1. The van der Waals surface area contributed by atoms with Gasteiger partial charge in [0.15, 0.2) is 0 Å². The van der Waals surface area contributed by atoms with Crippen LogP contribution in [0.5, 0.6) is 5.75 Å². The lowest BCUT2D eigenvalue weighted by Crippen LogP contribution is -2.27. The Bertz CT molecular complexity index is 886. The second-order valence-corrected chi connectivity index (χ2v) is 7.95. The van der Waals surface area contributed by atoms with E-state index in [4.69, 9.17) is 4.74 Å². The largest absolute Gasteiger partial charge is 0.491 e. The van der Waals surface area contributed by atoms with Gasteiger partial charge in [0.05, 0.1) is 11.4 Å². The van der Waals surface area contributed by atoms with Crippen molar-refractivity contribution in [2.45, 2.75) is 25.3 Å². The Morgan fingerprint density at radius 3 is 2.50 bits per heavy atom. The molecule has 0 bridgehead atoms. The Hall–Kier alpha value is -2.12. The fourth-order valence-electron chi connectivity index (χ4n) is 2.16. The van der Waals surface area contributed by atoms with E-state index >= 15 is 0 Å². The van der Waals surface area contributed by atoms with Crippen LogP contribution in [-0.4, -0.2) is 38.0 Å². The first kappa shape index (κ1) is 18.2. The van der Waals surface area contributed by atoms with Crippen LogP contribution in [0, 0.1) is 13.8 Å². The number of hydrogen-bond acceptors (Lipinski definition) is 4. The van der Waals surface area contributed by atoms with E-state index in [1.165, 1.54) is 37.0 Å². The van der Waals surface area contributed by atoms with Gasteiger partial charge in [0.1, 0.15) is 12.4 Å². The third-order valence-corrected chi connectivity index (χ3v) is 5.47. The molecule has 0 aliphatic rings. The smallest absolute Gasteiger partial charge is 0.250 e. The predicted octanol–water partition coefficient (Wildman–Crippen LogP) is 1.79. The van der Waals surface area contributed by atoms with Gasteiger partial charge in [-0.05, 0) is 37.1 Å². The van der Waals surface area contributed by atoms with Crippen LogP contribution in [0.4, 0.5) is 0 Å². The maximum atomic E-state index is 12.2. The van der Waals surface area contributed by atoms with Gasteiger partial charge in [-0.2, -0.15) is 0 Å². The zero-order valence-corrected chi connectivity index (χ0v) is 15.1. The Kier molecular flexibility index (Phi) is 5.46. The van der Waals surface area contributed by atoms with Gasteiger partial charge in [-0.15, -0.1) is 0 Å². The average Bonchev–Trinajstić information content (AvgIpc) is 2.52. The van der Waals surface area contributed by atoms with Gasteiger partial charge in [0.2, 0.25) is 10.0 Å². The predicted molar refractivity (Wildman–Crippen MR) is 93.0 cm³/mol. The van der Waals surface area contributed by atoms with Crippen LogP contribution in [0.3, 0.4) is 0 Å². The van der Waals surface area contributed by atoms with E-state index in [1.807, 2.05) is 32.0 Å². The quantitative estimate of drug-likeness (QED) is 0.797. The first-order valence-corrected chi connectivity index (χ1v) is 8.99. The van der Waals surface area contributed by atoms with Gasteiger partial charge in [-0.3, -0.25) is 4.79 Å². The third-order valence-electron chi connectivity index (χ3n) is 3.67. The standard InChI is InChI=1S/C17H22N2O4S/c1-13-5-6-14(2)16(11-13)23-10-9-19-12-15(7-8-17(19)20)24(21,22)18(3)4/h5-8,11-12H,9-10H2,1-4H3. The minimum Gasteiger partial charge on any atom is -0.491 e. The zero-order chi connectivity index (χ0) is 17.9. The van der Waals surface area contributed by atoms with E-state index in [0.29, 0.717) is 0 Å². The van der Waals surface area contributed by atoms with Crippen molar-refractivity contribution >= 4 is 10.0 Å². The molecule has 0 atom stereocenters. The summed E-state index contributed by atoms with van der Waals surface area (Å²) in [4.78, 5) is 12.0. The molecule has 0 amide bonds. The minimum absolute atomic E-state index is 0.0823. The fourth-order valence-corrected chi connectivity index (χ4v) is 3.09. The van der Waals surface area contributed by atoms with Gasteiger partial charge < -0.3 is 9.30 Å². The fraction of sp³-hybridized carbons (Fsp3) is 0.353. The number of nitrogens with zero attached hydrogens (tertiary/aromatic N) is 2. The van der Waals surface area contributed by atoms with Crippen LogP contribution in [0.25, 0.3) is 0 Å². The number of hydrogen-bond donors (Lipinski definition) is 0. The SMILES string of the molecule is Cc1ccc(C)c(OCCn2cc(S(=O)(=O)N(C)C)ccc2=O)c1. The maximum absolute atomic E-state index is 12.2. The second kappa shape index (κ2) is 7.19. The van der Waals surface area contributed by atoms with Crippen LogP contribution in [0.1, 0.15) is 11.1 Å². The molecule has 1 aromatic heterocycles. The number of benzene rings is 1. The van der Waals surface area contributed by atoms with E-state index in [2.05, 4.69) is 0 Å². The lowest BCUT2D eigenvalue weighted by atomic mass is 10.1. The Labute approximate surface area is 142 Å². The lowest BCUT2D eigenvalue weighted by molar-refractivity contribution is 0.294. The van der Waals surface area contributed by atoms with E-state index in [-0.39, 0.29) is 23.6 Å². The number of aromatic nitrogens is 1. The number of ether oxygens (including phenoxy) is 1. The molecule has 0 saturated heterocycles. The van der Waals surface area contributed by atoms with E-state index in [0.717, 1.165) is 21.2 Å². The molecule has 0 aliphatic carbocycles. The van der Waals surface area contributed by atoms with Gasteiger partial charge in [-0.25, -0.2) is 12.7 Å². The number of aryl methyl sites for hydroxylation is 2. The van der Waals surface area contributed by atoms with Gasteiger partial charge in [-0.1, -0.05) is 12.1 Å². The summed E-state index contributed by atoms with van der Waals surface area (Å²) in [6.07, 6.45) is 1.35. The molecule has 2 rings (SSSR count). The van der Waals surface area contributed by atoms with Crippen LogP contribution in [0.15, 0.2) is 46.2 Å². The molecular formula is C17H22N2O4S. The summed E-state index contributed by atoms with van der Waals surface area (Å²) in [6.45, 7) is 4.47. The van der Waals surface area contributed by atoms with E-state index in [1.54, 1.807) is 0 Å². The van der Waals surface area contributed by atoms with Crippen LogP contribution >= 0.6 is 0 Å². The molecule has 0 spiro atoms. The Morgan fingerprint density at radius 2 is 1.83 bits per heavy atom. The van der Waals surface area contributed by atoms with Crippen molar-refractivity contribution in [3.8, 4) is 5.75 Å². The van der Waals surface area contributed by atoms with Gasteiger partial charge >= 0.3 is 0 Å². The van der Waals surface area contributed by atoms with Gasteiger partial charge in [0.25, 0.3) is 5.56 Å². The number of rotatable bonds is 6. The molecule has 7 heteroatoms. The summed E-state index contributed by atoms with van der Waals surface area (Å²) >= 11 is 0. The second-order valence-electron chi connectivity index (χ2n) is 5.80. The molecular weight excluding hydrogens is 328 g/mol. The van der Waals surface area contributed by atoms with Crippen molar-refractivity contribution in [2.75, 3.05) is 20.7 Å². The normalized spacial score (nSPS) is 11.7. The van der Waals surface area contributed by atoms with Crippen molar-refractivity contribution in [3.63, 3.8) is 0 Å².